The third-order valence-electron chi connectivity index (χ3n) is 1.33. The fraction of sp³-hybridized carbons (Fsp3) is 0.571. The van der Waals surface area contributed by atoms with E-state index in [2.05, 4.69) is 10.3 Å². The number of aromatic nitrogens is 1. The van der Waals surface area contributed by atoms with Crippen LogP contribution in [0.25, 0.3) is 0 Å². The Morgan fingerprint density at radius 2 is 2.54 bits per heavy atom. The van der Waals surface area contributed by atoms with Crippen molar-refractivity contribution in [2.75, 3.05) is 17.3 Å². The predicted molar refractivity (Wildman–Crippen MR) is 59.1 cm³/mol. The van der Waals surface area contributed by atoms with E-state index in [1.54, 1.807) is 11.6 Å². The molecule has 0 saturated carbocycles. The van der Waals surface area contributed by atoms with Gasteiger partial charge in [-0.05, 0) is 6.92 Å². The zero-order chi connectivity index (χ0) is 9.84. The second-order valence-corrected chi connectivity index (χ2v) is 5.49. The van der Waals surface area contributed by atoms with Crippen molar-refractivity contribution in [2.45, 2.75) is 13.0 Å². The molecule has 0 aliphatic rings. The van der Waals surface area contributed by atoms with Crippen LogP contribution in [0.3, 0.4) is 0 Å². The first-order valence-corrected chi connectivity index (χ1v) is 6.74. The van der Waals surface area contributed by atoms with Crippen molar-refractivity contribution in [1.82, 2.24) is 4.98 Å². The van der Waals surface area contributed by atoms with E-state index in [4.69, 9.17) is 11.6 Å². The van der Waals surface area contributed by atoms with Gasteiger partial charge < -0.3 is 5.32 Å². The third-order valence-corrected chi connectivity index (χ3v) is 3.40. The normalized spacial score (nSPS) is 15.3. The molecule has 0 bridgehead atoms. The van der Waals surface area contributed by atoms with E-state index in [0.29, 0.717) is 10.9 Å². The summed E-state index contributed by atoms with van der Waals surface area (Å²) in [4.78, 5) is 4.03. The molecule has 0 aliphatic carbocycles. The van der Waals surface area contributed by atoms with Gasteiger partial charge in [0.1, 0.15) is 5.15 Å². The molecule has 0 aromatic carbocycles. The molecule has 13 heavy (non-hydrogen) atoms. The maximum absolute atomic E-state index is 10.9. The Balaban J connectivity index is 2.44. The van der Waals surface area contributed by atoms with Gasteiger partial charge in [0.05, 0.1) is 0 Å². The Labute approximate surface area is 89.0 Å². The predicted octanol–water partition coefficient (Wildman–Crippen LogP) is 1.98. The monoisotopic (exact) mass is 238 g/mol. The Bertz CT molecular complexity index is 302. The largest absolute Gasteiger partial charge is 0.358 e. The average Bonchev–Trinajstić information content (AvgIpc) is 2.33. The van der Waals surface area contributed by atoms with E-state index in [9.17, 15) is 4.21 Å². The van der Waals surface area contributed by atoms with Gasteiger partial charge in [-0.2, -0.15) is 0 Å². The van der Waals surface area contributed by atoms with Crippen molar-refractivity contribution in [3.05, 3.63) is 10.5 Å². The highest BCUT2D eigenvalue weighted by Gasteiger charge is 2.06. The molecular weight excluding hydrogens is 228 g/mol. The van der Waals surface area contributed by atoms with Crippen molar-refractivity contribution in [3.63, 3.8) is 0 Å². The van der Waals surface area contributed by atoms with Crippen LogP contribution in [-0.2, 0) is 10.8 Å². The summed E-state index contributed by atoms with van der Waals surface area (Å²) < 4.78 is 10.9. The highest BCUT2D eigenvalue weighted by atomic mass is 35.5. The summed E-state index contributed by atoms with van der Waals surface area (Å²) in [6.45, 7) is 1.97. The number of nitrogens with one attached hydrogen (secondary N) is 1. The molecule has 0 aliphatic heterocycles. The minimum absolute atomic E-state index is 0.160. The molecule has 1 heterocycles. The minimum atomic E-state index is -0.781. The summed E-state index contributed by atoms with van der Waals surface area (Å²) in [6.07, 6.45) is 1.69. The highest BCUT2D eigenvalue weighted by Crippen LogP contribution is 2.19. The first kappa shape index (κ1) is 10.9. The molecule has 74 valence electrons. The zero-order valence-corrected chi connectivity index (χ0v) is 9.80. The molecule has 1 rings (SSSR count). The summed E-state index contributed by atoms with van der Waals surface area (Å²) >= 11 is 7.10. The van der Waals surface area contributed by atoms with Crippen molar-refractivity contribution in [1.29, 1.82) is 0 Å². The number of anilines is 1. The Kier molecular flexibility index (Phi) is 4.15. The molecule has 1 N–H and O–H groups in total. The van der Waals surface area contributed by atoms with Crippen LogP contribution in [0.4, 0.5) is 5.13 Å². The van der Waals surface area contributed by atoms with Crippen LogP contribution >= 0.6 is 22.9 Å². The van der Waals surface area contributed by atoms with Gasteiger partial charge in [-0.1, -0.05) is 11.6 Å². The van der Waals surface area contributed by atoms with Crippen LogP contribution < -0.4 is 5.32 Å². The molecule has 0 fully saturated rings. The molecule has 6 heteroatoms. The smallest absolute Gasteiger partial charge is 0.184 e. The number of rotatable bonds is 4. The highest BCUT2D eigenvalue weighted by molar-refractivity contribution is 7.84. The maximum Gasteiger partial charge on any atom is 0.184 e. The first-order valence-electron chi connectivity index (χ1n) is 3.75. The van der Waals surface area contributed by atoms with E-state index in [0.717, 1.165) is 5.13 Å². The van der Waals surface area contributed by atoms with Crippen molar-refractivity contribution >= 4 is 38.9 Å². The van der Waals surface area contributed by atoms with Crippen LogP contribution in [0, 0.1) is 0 Å². The number of hydrogen-bond donors (Lipinski definition) is 1. The van der Waals surface area contributed by atoms with Crippen molar-refractivity contribution in [2.24, 2.45) is 0 Å². The zero-order valence-electron chi connectivity index (χ0n) is 7.41. The summed E-state index contributed by atoms with van der Waals surface area (Å²) in [7, 11) is -0.781. The van der Waals surface area contributed by atoms with Gasteiger partial charge in [0.15, 0.2) is 5.13 Å². The Morgan fingerprint density at radius 1 is 1.85 bits per heavy atom. The van der Waals surface area contributed by atoms with Gasteiger partial charge in [-0.25, -0.2) is 4.98 Å². The molecule has 0 amide bonds. The van der Waals surface area contributed by atoms with E-state index in [1.165, 1.54) is 11.3 Å². The van der Waals surface area contributed by atoms with Crippen LogP contribution in [0.1, 0.15) is 6.92 Å². The topological polar surface area (TPSA) is 42.0 Å². The van der Waals surface area contributed by atoms with Crippen LogP contribution in [0.5, 0.6) is 0 Å². The molecule has 2 unspecified atom stereocenters. The summed E-state index contributed by atoms with van der Waals surface area (Å²) in [5.74, 6) is 0.622. The molecule has 3 nitrogen and oxygen atoms in total. The van der Waals surface area contributed by atoms with Crippen LogP contribution in [0.15, 0.2) is 5.38 Å². The molecule has 0 radical (unpaired) electrons. The summed E-state index contributed by atoms with van der Waals surface area (Å²) in [6, 6.07) is 0.160. The fourth-order valence-electron chi connectivity index (χ4n) is 0.925. The third kappa shape index (κ3) is 4.06. The van der Waals surface area contributed by atoms with Gasteiger partial charge in [0.25, 0.3) is 0 Å². The lowest BCUT2D eigenvalue weighted by molar-refractivity contribution is 0.683. The van der Waals surface area contributed by atoms with Crippen molar-refractivity contribution in [3.8, 4) is 0 Å². The van der Waals surface area contributed by atoms with Gasteiger partial charge in [-0.15, -0.1) is 11.3 Å². The lowest BCUT2D eigenvalue weighted by Crippen LogP contribution is -2.21. The van der Waals surface area contributed by atoms with E-state index in [-0.39, 0.29) is 6.04 Å². The number of halogens is 1. The second kappa shape index (κ2) is 4.93. The quantitative estimate of drug-likeness (QED) is 0.872. The summed E-state index contributed by atoms with van der Waals surface area (Å²) in [5, 5.41) is 6.17. The standard InChI is InChI=1S/C7H11ClN2OS2/c1-5(4-13(2)11)9-7-10-6(8)3-12-7/h3,5H,4H2,1-2H3,(H,9,10). The minimum Gasteiger partial charge on any atom is -0.358 e. The van der Waals surface area contributed by atoms with E-state index in [1.807, 2.05) is 6.92 Å². The van der Waals surface area contributed by atoms with E-state index >= 15 is 0 Å². The molecular formula is C7H11ClN2OS2. The van der Waals surface area contributed by atoms with E-state index < -0.39 is 10.8 Å². The second-order valence-electron chi connectivity index (χ2n) is 2.76. The lowest BCUT2D eigenvalue weighted by Gasteiger charge is -2.10. The molecule has 2 atom stereocenters. The van der Waals surface area contributed by atoms with Gasteiger partial charge in [-0.3, -0.25) is 4.21 Å². The fourth-order valence-corrected chi connectivity index (χ4v) is 2.66. The maximum atomic E-state index is 10.9. The van der Waals surface area contributed by atoms with Crippen LogP contribution in [0.2, 0.25) is 5.15 Å². The SMILES string of the molecule is CC(CS(C)=O)Nc1nc(Cl)cs1. The lowest BCUT2D eigenvalue weighted by atomic mass is 10.4. The summed E-state index contributed by atoms with van der Waals surface area (Å²) in [5.41, 5.74) is 0. The van der Waals surface area contributed by atoms with Gasteiger partial charge in [0.2, 0.25) is 0 Å². The molecule has 0 saturated heterocycles. The first-order chi connectivity index (χ1) is 6.08. The molecule has 1 aromatic rings. The Morgan fingerprint density at radius 3 is 3.00 bits per heavy atom. The van der Waals surface area contributed by atoms with Crippen molar-refractivity contribution < 1.29 is 4.21 Å². The number of thiazole rings is 1. The number of nitrogens with zero attached hydrogens (tertiary/aromatic N) is 1. The van der Waals surface area contributed by atoms with Crippen LogP contribution in [-0.4, -0.2) is 27.2 Å². The molecule has 1 aromatic heterocycles. The molecule has 0 spiro atoms. The average molecular weight is 239 g/mol. The van der Waals surface area contributed by atoms with Gasteiger partial charge >= 0.3 is 0 Å². The van der Waals surface area contributed by atoms with Gasteiger partial charge in [0, 0.05) is 34.2 Å². The Hall–Kier alpha value is -0.130. The number of hydrogen-bond acceptors (Lipinski definition) is 4.